The van der Waals surface area contributed by atoms with Gasteiger partial charge in [0.15, 0.2) is 0 Å². The molecule has 1 aliphatic rings. The molecule has 20 heavy (non-hydrogen) atoms. The summed E-state index contributed by atoms with van der Waals surface area (Å²) >= 11 is 0. The van der Waals surface area contributed by atoms with Gasteiger partial charge in [-0.25, -0.2) is 0 Å². The maximum absolute atomic E-state index is 12.1. The van der Waals surface area contributed by atoms with Crippen LogP contribution in [0, 0.1) is 0 Å². The number of nitrogens with one attached hydrogen (secondary N) is 1. The highest BCUT2D eigenvalue weighted by molar-refractivity contribution is 5.82. The number of para-hydroxylation sites is 1. The van der Waals surface area contributed by atoms with Crippen LogP contribution < -0.4 is 16.0 Å². The molecule has 1 amide bonds. The predicted molar refractivity (Wildman–Crippen MR) is 82.9 cm³/mol. The molecule has 0 saturated carbocycles. The Morgan fingerprint density at radius 2 is 2.25 bits per heavy atom. The zero-order valence-corrected chi connectivity index (χ0v) is 12.3. The van der Waals surface area contributed by atoms with Crippen LogP contribution in [0.25, 0.3) is 0 Å². The van der Waals surface area contributed by atoms with Gasteiger partial charge in [0.2, 0.25) is 5.91 Å². The Bertz CT molecular complexity index is 447. The molecule has 0 aliphatic carbocycles. The van der Waals surface area contributed by atoms with Gasteiger partial charge in [-0.05, 0) is 30.9 Å². The number of aryl methyl sites for hydroxylation is 1. The van der Waals surface area contributed by atoms with Crippen LogP contribution in [-0.4, -0.2) is 31.6 Å². The predicted octanol–water partition coefficient (Wildman–Crippen LogP) is 1.68. The number of nitrogens with zero attached hydrogens (tertiary/aromatic N) is 1. The molecule has 110 valence electrons. The molecule has 0 spiro atoms. The number of nitrogens with two attached hydrogens (primary N) is 1. The lowest BCUT2D eigenvalue weighted by Crippen LogP contribution is -2.48. The average molecular weight is 275 g/mol. The third-order valence-corrected chi connectivity index (χ3v) is 3.93. The van der Waals surface area contributed by atoms with Crippen molar-refractivity contribution < 1.29 is 4.79 Å². The summed E-state index contributed by atoms with van der Waals surface area (Å²) in [7, 11) is 0. The fourth-order valence-electron chi connectivity index (χ4n) is 2.75. The molecular formula is C16H25N3O. The van der Waals surface area contributed by atoms with Gasteiger partial charge < -0.3 is 16.0 Å². The number of rotatable bonds is 6. The van der Waals surface area contributed by atoms with Crippen LogP contribution in [0.5, 0.6) is 0 Å². The van der Waals surface area contributed by atoms with Gasteiger partial charge in [-0.3, -0.25) is 4.79 Å². The molecule has 0 radical (unpaired) electrons. The quantitative estimate of drug-likeness (QED) is 0.777. The van der Waals surface area contributed by atoms with E-state index in [1.54, 1.807) is 0 Å². The van der Waals surface area contributed by atoms with Crippen molar-refractivity contribution in [2.45, 2.75) is 38.6 Å². The first-order valence-electron chi connectivity index (χ1n) is 7.57. The van der Waals surface area contributed by atoms with Gasteiger partial charge in [-0.1, -0.05) is 31.5 Å². The highest BCUT2D eigenvalue weighted by Crippen LogP contribution is 2.29. The Morgan fingerprint density at radius 3 is 3.00 bits per heavy atom. The highest BCUT2D eigenvalue weighted by atomic mass is 16.2. The lowest BCUT2D eigenvalue weighted by molar-refractivity contribution is -0.119. The van der Waals surface area contributed by atoms with Crippen molar-refractivity contribution in [2.75, 3.05) is 24.5 Å². The molecule has 0 aromatic heterocycles. The number of carbonyl (C=O) groups excluding carboxylic acids is 1. The van der Waals surface area contributed by atoms with E-state index >= 15 is 0 Å². The molecule has 0 fully saturated rings. The monoisotopic (exact) mass is 275 g/mol. The summed E-state index contributed by atoms with van der Waals surface area (Å²) in [6, 6.07) is 8.59. The molecule has 4 nitrogen and oxygen atoms in total. The summed E-state index contributed by atoms with van der Waals surface area (Å²) in [5.41, 5.74) is 8.36. The maximum atomic E-state index is 12.1. The van der Waals surface area contributed by atoms with Gasteiger partial charge in [0.05, 0.1) is 6.54 Å². The minimum atomic E-state index is 0.0913. The highest BCUT2D eigenvalue weighted by Gasteiger charge is 2.26. The fraction of sp³-hybridized carbons (Fsp3) is 0.562. The zero-order chi connectivity index (χ0) is 14.4. The molecule has 1 aliphatic heterocycles. The third kappa shape index (κ3) is 3.51. The van der Waals surface area contributed by atoms with Crippen molar-refractivity contribution in [2.24, 2.45) is 5.73 Å². The van der Waals surface area contributed by atoms with Crippen LogP contribution in [0.1, 0.15) is 31.7 Å². The number of benzene rings is 1. The van der Waals surface area contributed by atoms with Crippen molar-refractivity contribution >= 4 is 11.6 Å². The van der Waals surface area contributed by atoms with Crippen molar-refractivity contribution in [1.29, 1.82) is 0 Å². The van der Waals surface area contributed by atoms with Gasteiger partial charge in [0, 0.05) is 24.8 Å². The summed E-state index contributed by atoms with van der Waals surface area (Å²) < 4.78 is 0. The standard InChI is InChI=1S/C16H25N3O/c1-2-3-10-18-16(20)12-19-14(11-17)9-8-13-6-4-5-7-15(13)19/h4-7,14H,2-3,8-12,17H2,1H3,(H,18,20). The number of unbranched alkanes of at least 4 members (excludes halogenated alkanes) is 1. The SMILES string of the molecule is CCCCNC(=O)CN1c2ccccc2CCC1CN. The van der Waals surface area contributed by atoms with E-state index < -0.39 is 0 Å². The first-order valence-corrected chi connectivity index (χ1v) is 7.57. The molecule has 0 bridgehead atoms. The number of hydrogen-bond donors (Lipinski definition) is 2. The largest absolute Gasteiger partial charge is 0.358 e. The lowest BCUT2D eigenvalue weighted by atomic mass is 9.95. The average Bonchev–Trinajstić information content (AvgIpc) is 2.48. The Labute approximate surface area is 121 Å². The molecule has 2 rings (SSSR count). The number of carbonyl (C=O) groups is 1. The third-order valence-electron chi connectivity index (χ3n) is 3.93. The molecule has 1 unspecified atom stereocenters. The van der Waals surface area contributed by atoms with Crippen LogP contribution >= 0.6 is 0 Å². The van der Waals surface area contributed by atoms with Gasteiger partial charge in [0.25, 0.3) is 0 Å². The summed E-state index contributed by atoms with van der Waals surface area (Å²) in [6.45, 7) is 3.88. The fourth-order valence-corrected chi connectivity index (χ4v) is 2.75. The van der Waals surface area contributed by atoms with Gasteiger partial charge in [-0.15, -0.1) is 0 Å². The summed E-state index contributed by atoms with van der Waals surface area (Å²) in [4.78, 5) is 14.2. The number of amides is 1. The van der Waals surface area contributed by atoms with Gasteiger partial charge in [-0.2, -0.15) is 0 Å². The first-order chi connectivity index (χ1) is 9.76. The van der Waals surface area contributed by atoms with E-state index in [0.29, 0.717) is 13.1 Å². The van der Waals surface area contributed by atoms with Crippen LogP contribution in [0.2, 0.25) is 0 Å². The van der Waals surface area contributed by atoms with Crippen molar-refractivity contribution in [1.82, 2.24) is 5.32 Å². The maximum Gasteiger partial charge on any atom is 0.239 e. The number of hydrogen-bond acceptors (Lipinski definition) is 3. The molecule has 3 N–H and O–H groups in total. The molecule has 1 heterocycles. The molecule has 4 heteroatoms. The number of anilines is 1. The topological polar surface area (TPSA) is 58.4 Å². The Kier molecular flexibility index (Phi) is 5.41. The summed E-state index contributed by atoms with van der Waals surface area (Å²) in [5.74, 6) is 0.0913. The van der Waals surface area contributed by atoms with E-state index in [2.05, 4.69) is 35.3 Å². The van der Waals surface area contributed by atoms with E-state index in [0.717, 1.165) is 32.2 Å². The van der Waals surface area contributed by atoms with Gasteiger partial charge in [0.1, 0.15) is 0 Å². The minimum absolute atomic E-state index is 0.0913. The Balaban J connectivity index is 2.05. The number of fused-ring (bicyclic) bond motifs is 1. The molecule has 1 aromatic rings. The second kappa shape index (κ2) is 7.29. The summed E-state index contributed by atoms with van der Waals surface area (Å²) in [6.07, 6.45) is 4.20. The smallest absolute Gasteiger partial charge is 0.239 e. The van der Waals surface area contributed by atoms with E-state index in [9.17, 15) is 4.79 Å². The second-order valence-electron chi connectivity index (χ2n) is 5.39. The molecular weight excluding hydrogens is 250 g/mol. The summed E-state index contributed by atoms with van der Waals surface area (Å²) in [5, 5.41) is 2.98. The van der Waals surface area contributed by atoms with Crippen molar-refractivity contribution in [3.63, 3.8) is 0 Å². The van der Waals surface area contributed by atoms with E-state index in [1.165, 1.54) is 11.3 Å². The van der Waals surface area contributed by atoms with Gasteiger partial charge >= 0.3 is 0 Å². The molecule has 1 aromatic carbocycles. The van der Waals surface area contributed by atoms with Crippen LogP contribution in [0.4, 0.5) is 5.69 Å². The first kappa shape index (κ1) is 14.9. The molecule has 0 saturated heterocycles. The normalized spacial score (nSPS) is 17.7. The molecule has 1 atom stereocenters. The zero-order valence-electron chi connectivity index (χ0n) is 12.3. The van der Waals surface area contributed by atoms with E-state index in [1.807, 2.05) is 6.07 Å². The Hall–Kier alpha value is -1.55. The van der Waals surface area contributed by atoms with Crippen LogP contribution in [-0.2, 0) is 11.2 Å². The second-order valence-corrected chi connectivity index (χ2v) is 5.39. The van der Waals surface area contributed by atoms with Crippen molar-refractivity contribution in [3.8, 4) is 0 Å². The van der Waals surface area contributed by atoms with E-state index in [4.69, 9.17) is 5.73 Å². The Morgan fingerprint density at radius 1 is 1.45 bits per heavy atom. The van der Waals surface area contributed by atoms with Crippen LogP contribution in [0.15, 0.2) is 24.3 Å². The van der Waals surface area contributed by atoms with E-state index in [-0.39, 0.29) is 11.9 Å². The lowest BCUT2D eigenvalue weighted by Gasteiger charge is -2.38. The minimum Gasteiger partial charge on any atom is -0.358 e. The van der Waals surface area contributed by atoms with Crippen molar-refractivity contribution in [3.05, 3.63) is 29.8 Å². The van der Waals surface area contributed by atoms with Crippen LogP contribution in [0.3, 0.4) is 0 Å².